The van der Waals surface area contributed by atoms with E-state index in [0.29, 0.717) is 18.5 Å². The number of nitrogens with one attached hydrogen (secondary N) is 1. The first-order valence-corrected chi connectivity index (χ1v) is 5.77. The summed E-state index contributed by atoms with van der Waals surface area (Å²) < 4.78 is 0. The third kappa shape index (κ3) is 4.95. The fourth-order valence-corrected chi connectivity index (χ4v) is 1.80. The molecule has 1 atom stereocenters. The molecule has 0 radical (unpaired) electrons. The van der Waals surface area contributed by atoms with Gasteiger partial charge in [-0.1, -0.05) is 13.8 Å². The maximum Gasteiger partial charge on any atom is 0.251 e. The number of aliphatic hydroxyl groups excluding tert-OH is 1. The lowest BCUT2D eigenvalue weighted by Gasteiger charge is -2.26. The third-order valence-corrected chi connectivity index (χ3v) is 2.52. The fraction of sp³-hybridized carbons (Fsp3) is 0.538. The molecule has 1 aromatic heterocycles. The first kappa shape index (κ1) is 13.6. The molecule has 0 bridgehead atoms. The Hall–Kier alpha value is -1.42. The molecule has 0 aliphatic carbocycles. The molecule has 0 saturated heterocycles. The van der Waals surface area contributed by atoms with E-state index in [9.17, 15) is 9.90 Å². The Kier molecular flexibility index (Phi) is 4.63. The Bertz CT molecular complexity index is 361. The molecule has 0 spiro atoms. The van der Waals surface area contributed by atoms with Crippen molar-refractivity contribution in [1.82, 2.24) is 10.3 Å². The normalized spacial score (nSPS) is 13.2. The van der Waals surface area contributed by atoms with Crippen LogP contribution in [0.4, 0.5) is 0 Å². The Balaban J connectivity index is 2.48. The first-order chi connectivity index (χ1) is 7.91. The highest BCUT2D eigenvalue weighted by Crippen LogP contribution is 2.21. The van der Waals surface area contributed by atoms with E-state index in [1.54, 1.807) is 31.5 Å². The van der Waals surface area contributed by atoms with Crippen LogP contribution < -0.4 is 5.32 Å². The predicted molar refractivity (Wildman–Crippen MR) is 66.6 cm³/mol. The monoisotopic (exact) mass is 236 g/mol. The van der Waals surface area contributed by atoms with Crippen LogP contribution in [0.15, 0.2) is 24.5 Å². The number of carbonyl (C=O) groups excluding carboxylic acids is 1. The number of hydrogen-bond acceptors (Lipinski definition) is 3. The van der Waals surface area contributed by atoms with Gasteiger partial charge in [0, 0.05) is 24.5 Å². The van der Waals surface area contributed by atoms with E-state index in [2.05, 4.69) is 10.3 Å². The van der Waals surface area contributed by atoms with Crippen LogP contribution in [0.25, 0.3) is 0 Å². The number of rotatable bonds is 5. The minimum Gasteiger partial charge on any atom is -0.393 e. The lowest BCUT2D eigenvalue weighted by molar-refractivity contribution is 0.0902. The summed E-state index contributed by atoms with van der Waals surface area (Å²) in [5.41, 5.74) is 0.490. The third-order valence-electron chi connectivity index (χ3n) is 2.52. The maximum atomic E-state index is 11.8. The molecule has 4 heteroatoms. The number of pyridine rings is 1. The highest BCUT2D eigenvalue weighted by atomic mass is 16.3. The Morgan fingerprint density at radius 2 is 2.06 bits per heavy atom. The second kappa shape index (κ2) is 5.77. The van der Waals surface area contributed by atoms with E-state index in [-0.39, 0.29) is 17.4 Å². The van der Waals surface area contributed by atoms with E-state index in [4.69, 9.17) is 0 Å². The van der Waals surface area contributed by atoms with Crippen molar-refractivity contribution in [2.75, 3.05) is 6.54 Å². The van der Waals surface area contributed by atoms with E-state index in [1.165, 1.54) is 0 Å². The number of aromatic nitrogens is 1. The number of nitrogens with zero attached hydrogens (tertiary/aromatic N) is 1. The van der Waals surface area contributed by atoms with Crippen LogP contribution in [0.2, 0.25) is 0 Å². The van der Waals surface area contributed by atoms with Gasteiger partial charge in [-0.25, -0.2) is 0 Å². The van der Waals surface area contributed by atoms with Crippen LogP contribution >= 0.6 is 0 Å². The Morgan fingerprint density at radius 1 is 1.47 bits per heavy atom. The van der Waals surface area contributed by atoms with Crippen LogP contribution in [-0.2, 0) is 0 Å². The molecule has 0 aliphatic rings. The summed E-state index contributed by atoms with van der Waals surface area (Å²) in [6.07, 6.45) is 3.48. The van der Waals surface area contributed by atoms with Crippen molar-refractivity contribution in [3.05, 3.63) is 30.1 Å². The molecule has 1 amide bonds. The molecular weight excluding hydrogens is 216 g/mol. The summed E-state index contributed by atoms with van der Waals surface area (Å²) in [4.78, 5) is 15.6. The van der Waals surface area contributed by atoms with Crippen molar-refractivity contribution >= 4 is 5.91 Å². The van der Waals surface area contributed by atoms with Crippen LogP contribution in [0.1, 0.15) is 37.6 Å². The highest BCUT2D eigenvalue weighted by molar-refractivity contribution is 5.93. The molecule has 1 rings (SSSR count). The highest BCUT2D eigenvalue weighted by Gasteiger charge is 2.21. The minimum atomic E-state index is -0.358. The van der Waals surface area contributed by atoms with Crippen molar-refractivity contribution in [3.63, 3.8) is 0 Å². The van der Waals surface area contributed by atoms with Gasteiger partial charge in [0.15, 0.2) is 0 Å². The summed E-state index contributed by atoms with van der Waals surface area (Å²) in [6, 6.07) is 3.36. The van der Waals surface area contributed by atoms with E-state index >= 15 is 0 Å². The topological polar surface area (TPSA) is 62.2 Å². The number of carbonyl (C=O) groups is 1. The van der Waals surface area contributed by atoms with E-state index in [0.717, 1.165) is 0 Å². The van der Waals surface area contributed by atoms with Crippen LogP contribution in [0.5, 0.6) is 0 Å². The molecule has 0 fully saturated rings. The number of amides is 1. The van der Waals surface area contributed by atoms with Crippen molar-refractivity contribution in [2.45, 2.75) is 33.3 Å². The lowest BCUT2D eigenvalue weighted by Crippen LogP contribution is -2.35. The van der Waals surface area contributed by atoms with Gasteiger partial charge in [-0.15, -0.1) is 0 Å². The lowest BCUT2D eigenvalue weighted by atomic mass is 9.87. The molecule has 2 N–H and O–H groups in total. The maximum absolute atomic E-state index is 11.8. The van der Waals surface area contributed by atoms with Crippen molar-refractivity contribution < 1.29 is 9.90 Å². The van der Waals surface area contributed by atoms with Gasteiger partial charge in [0.1, 0.15) is 0 Å². The van der Waals surface area contributed by atoms with Crippen molar-refractivity contribution in [2.24, 2.45) is 5.41 Å². The smallest absolute Gasteiger partial charge is 0.251 e. The van der Waals surface area contributed by atoms with E-state index in [1.807, 2.05) is 13.8 Å². The van der Waals surface area contributed by atoms with Gasteiger partial charge in [-0.05, 0) is 30.9 Å². The van der Waals surface area contributed by atoms with Gasteiger partial charge in [0.05, 0.1) is 6.10 Å². The van der Waals surface area contributed by atoms with Crippen LogP contribution in [-0.4, -0.2) is 28.6 Å². The van der Waals surface area contributed by atoms with E-state index < -0.39 is 0 Å². The van der Waals surface area contributed by atoms with Gasteiger partial charge in [-0.3, -0.25) is 9.78 Å². The molecule has 17 heavy (non-hydrogen) atoms. The van der Waals surface area contributed by atoms with Crippen LogP contribution in [0.3, 0.4) is 0 Å². The Labute approximate surface area is 102 Å². The summed E-state index contributed by atoms with van der Waals surface area (Å²) in [5.74, 6) is -0.105. The SMILES string of the molecule is CC(O)CC(C)(C)CNC(=O)c1ccncc1. The number of aliphatic hydroxyl groups is 1. The second-order valence-corrected chi connectivity index (χ2v) is 5.14. The van der Waals surface area contributed by atoms with Gasteiger partial charge in [0.2, 0.25) is 0 Å². The van der Waals surface area contributed by atoms with Gasteiger partial charge >= 0.3 is 0 Å². The molecule has 0 saturated carbocycles. The summed E-state index contributed by atoms with van der Waals surface area (Å²) >= 11 is 0. The molecule has 94 valence electrons. The second-order valence-electron chi connectivity index (χ2n) is 5.14. The zero-order valence-corrected chi connectivity index (χ0v) is 10.6. The standard InChI is InChI=1S/C13H20N2O2/c1-10(16)8-13(2,3)9-15-12(17)11-4-6-14-7-5-11/h4-7,10,16H,8-9H2,1-3H3,(H,15,17). The minimum absolute atomic E-state index is 0.105. The number of hydrogen-bond donors (Lipinski definition) is 2. The first-order valence-electron chi connectivity index (χ1n) is 5.77. The average molecular weight is 236 g/mol. The molecule has 4 nitrogen and oxygen atoms in total. The summed E-state index contributed by atoms with van der Waals surface area (Å²) in [5, 5.41) is 12.2. The largest absolute Gasteiger partial charge is 0.393 e. The summed E-state index contributed by atoms with van der Waals surface area (Å²) in [7, 11) is 0. The Morgan fingerprint density at radius 3 is 2.59 bits per heavy atom. The average Bonchev–Trinajstić information content (AvgIpc) is 2.25. The zero-order valence-electron chi connectivity index (χ0n) is 10.6. The molecule has 1 unspecified atom stereocenters. The van der Waals surface area contributed by atoms with Gasteiger partial charge < -0.3 is 10.4 Å². The van der Waals surface area contributed by atoms with Gasteiger partial charge in [-0.2, -0.15) is 0 Å². The molecule has 0 aromatic carbocycles. The molecule has 1 heterocycles. The fourth-order valence-electron chi connectivity index (χ4n) is 1.80. The van der Waals surface area contributed by atoms with Crippen LogP contribution in [0, 0.1) is 5.41 Å². The predicted octanol–water partition coefficient (Wildman–Crippen LogP) is 1.61. The molecule has 1 aromatic rings. The summed E-state index contributed by atoms with van der Waals surface area (Å²) in [6.45, 7) is 6.34. The quantitative estimate of drug-likeness (QED) is 0.816. The molecular formula is C13H20N2O2. The zero-order chi connectivity index (χ0) is 12.9. The van der Waals surface area contributed by atoms with Crippen molar-refractivity contribution in [3.8, 4) is 0 Å². The molecule has 0 aliphatic heterocycles. The van der Waals surface area contributed by atoms with Gasteiger partial charge in [0.25, 0.3) is 5.91 Å². The van der Waals surface area contributed by atoms with Crippen molar-refractivity contribution in [1.29, 1.82) is 0 Å².